The molecule has 0 spiro atoms. The highest BCUT2D eigenvalue weighted by atomic mass is 16.5. The molecule has 1 aliphatic rings. The number of aryl methyl sites for hydroxylation is 1. The summed E-state index contributed by atoms with van der Waals surface area (Å²) in [6.07, 6.45) is 4.44. The van der Waals surface area contributed by atoms with Gasteiger partial charge in [-0.2, -0.15) is 0 Å². The molecule has 2 aromatic rings. The summed E-state index contributed by atoms with van der Waals surface area (Å²) >= 11 is 0. The maximum Gasteiger partial charge on any atom is 0.127 e. The van der Waals surface area contributed by atoms with Crippen LogP contribution >= 0.6 is 0 Å². The first-order valence-corrected chi connectivity index (χ1v) is 8.38. The largest absolute Gasteiger partial charge is 0.488 e. The number of hydrogen-bond acceptors (Lipinski definition) is 2. The zero-order valence-corrected chi connectivity index (χ0v) is 14.3. The fourth-order valence-corrected chi connectivity index (χ4v) is 3.03. The summed E-state index contributed by atoms with van der Waals surface area (Å²) in [6.45, 7) is 3.89. The average Bonchev–Trinajstić information content (AvgIpc) is 2.71. The van der Waals surface area contributed by atoms with E-state index in [1.165, 1.54) is 27.8 Å². The van der Waals surface area contributed by atoms with Gasteiger partial charge in [-0.25, -0.2) is 0 Å². The van der Waals surface area contributed by atoms with Crippen molar-refractivity contribution in [3.8, 4) is 5.75 Å². The van der Waals surface area contributed by atoms with Crippen LogP contribution in [0.15, 0.2) is 48.5 Å². The second kappa shape index (κ2) is 7.01. The van der Waals surface area contributed by atoms with E-state index in [0.29, 0.717) is 6.61 Å². The molecule has 0 aromatic heterocycles. The van der Waals surface area contributed by atoms with Crippen LogP contribution in [0.25, 0.3) is 5.57 Å². The monoisotopic (exact) mass is 307 g/mol. The van der Waals surface area contributed by atoms with E-state index in [1.54, 1.807) is 0 Å². The van der Waals surface area contributed by atoms with Gasteiger partial charge in [0.2, 0.25) is 0 Å². The Morgan fingerprint density at radius 3 is 2.70 bits per heavy atom. The molecule has 2 heteroatoms. The highest BCUT2D eigenvalue weighted by molar-refractivity contribution is 5.85. The Labute approximate surface area is 139 Å². The zero-order valence-electron chi connectivity index (χ0n) is 14.3. The van der Waals surface area contributed by atoms with Gasteiger partial charge in [0.1, 0.15) is 12.4 Å². The molecule has 0 atom stereocenters. The molecule has 0 aliphatic carbocycles. The van der Waals surface area contributed by atoms with Gasteiger partial charge in [-0.3, -0.25) is 0 Å². The molecule has 120 valence electrons. The van der Waals surface area contributed by atoms with Crippen LogP contribution in [0, 0.1) is 0 Å². The van der Waals surface area contributed by atoms with E-state index in [4.69, 9.17) is 4.74 Å². The molecule has 0 radical (unpaired) electrons. The van der Waals surface area contributed by atoms with E-state index in [2.05, 4.69) is 74.5 Å². The summed E-state index contributed by atoms with van der Waals surface area (Å²) in [7, 11) is 4.23. The van der Waals surface area contributed by atoms with Crippen molar-refractivity contribution in [2.45, 2.75) is 26.4 Å². The Hall–Kier alpha value is -2.06. The van der Waals surface area contributed by atoms with Gasteiger partial charge in [-0.05, 0) is 61.3 Å². The van der Waals surface area contributed by atoms with Gasteiger partial charge >= 0.3 is 0 Å². The Morgan fingerprint density at radius 1 is 1.09 bits per heavy atom. The summed E-state index contributed by atoms with van der Waals surface area (Å²) < 4.78 is 6.08. The summed E-state index contributed by atoms with van der Waals surface area (Å²) in [6, 6.07) is 15.2. The molecule has 1 aliphatic heterocycles. The number of fused-ring (bicyclic) bond motifs is 2. The lowest BCUT2D eigenvalue weighted by Gasteiger charge is -2.13. The van der Waals surface area contributed by atoms with Crippen LogP contribution in [0.4, 0.5) is 0 Å². The molecule has 23 heavy (non-hydrogen) atoms. The van der Waals surface area contributed by atoms with Crippen molar-refractivity contribution in [3.63, 3.8) is 0 Å². The lowest BCUT2D eigenvalue weighted by molar-refractivity contribution is 0.307. The second-order valence-corrected chi connectivity index (χ2v) is 6.34. The van der Waals surface area contributed by atoms with Crippen LogP contribution in [0.5, 0.6) is 5.75 Å². The maximum absolute atomic E-state index is 6.08. The summed E-state index contributed by atoms with van der Waals surface area (Å²) in [5.74, 6) is 0.995. The molecule has 3 rings (SSSR count). The minimum Gasteiger partial charge on any atom is -0.488 e. The quantitative estimate of drug-likeness (QED) is 0.823. The molecule has 2 aromatic carbocycles. The standard InChI is InChI=1S/C21H25NO/c1-4-16-11-12-21-20(14-16)19(10-7-13-22(2)3)18-9-6-5-8-17(18)15-23-21/h5-6,8-12,14H,4,7,13,15H2,1-3H3/b19-10+. The fraction of sp³-hybridized carbons (Fsp3) is 0.333. The number of nitrogens with zero attached hydrogens (tertiary/aromatic N) is 1. The molecule has 0 fully saturated rings. The summed E-state index contributed by atoms with van der Waals surface area (Å²) in [5.41, 5.74) is 6.46. The normalized spacial score (nSPS) is 15.0. The van der Waals surface area contributed by atoms with Gasteiger partial charge in [-0.15, -0.1) is 0 Å². The molecule has 0 saturated heterocycles. The minimum atomic E-state index is 0.639. The number of hydrogen-bond donors (Lipinski definition) is 0. The highest BCUT2D eigenvalue weighted by Gasteiger charge is 2.18. The van der Waals surface area contributed by atoms with Crippen LogP contribution in [0.2, 0.25) is 0 Å². The topological polar surface area (TPSA) is 12.5 Å². The first kappa shape index (κ1) is 15.8. The lowest BCUT2D eigenvalue weighted by atomic mass is 9.92. The Balaban J connectivity index is 2.10. The van der Waals surface area contributed by atoms with Crippen LogP contribution in [-0.2, 0) is 13.0 Å². The number of benzene rings is 2. The highest BCUT2D eigenvalue weighted by Crippen LogP contribution is 2.37. The smallest absolute Gasteiger partial charge is 0.127 e. The third kappa shape index (κ3) is 3.48. The van der Waals surface area contributed by atoms with E-state index in [1.807, 2.05) is 0 Å². The van der Waals surface area contributed by atoms with Crippen molar-refractivity contribution in [1.29, 1.82) is 0 Å². The first-order valence-electron chi connectivity index (χ1n) is 8.38. The maximum atomic E-state index is 6.08. The predicted molar refractivity (Wildman–Crippen MR) is 96.8 cm³/mol. The molecule has 2 nitrogen and oxygen atoms in total. The van der Waals surface area contributed by atoms with Crippen molar-refractivity contribution in [2.75, 3.05) is 20.6 Å². The Kier molecular flexibility index (Phi) is 4.82. The van der Waals surface area contributed by atoms with Crippen molar-refractivity contribution in [3.05, 3.63) is 70.8 Å². The van der Waals surface area contributed by atoms with Crippen molar-refractivity contribution in [2.24, 2.45) is 0 Å². The first-order chi connectivity index (χ1) is 11.2. The number of ether oxygens (including phenoxy) is 1. The SMILES string of the molecule is CCc1ccc2c(c1)/C(=C/CCN(C)C)c1ccccc1CO2. The third-order valence-electron chi connectivity index (χ3n) is 4.36. The van der Waals surface area contributed by atoms with E-state index < -0.39 is 0 Å². The Bertz CT molecular complexity index is 716. The van der Waals surface area contributed by atoms with Gasteiger partial charge in [0.05, 0.1) is 0 Å². The van der Waals surface area contributed by atoms with Crippen molar-refractivity contribution >= 4 is 5.57 Å². The average molecular weight is 307 g/mol. The molecule has 0 N–H and O–H groups in total. The van der Waals surface area contributed by atoms with E-state index in [9.17, 15) is 0 Å². The van der Waals surface area contributed by atoms with Gasteiger partial charge < -0.3 is 9.64 Å². The zero-order chi connectivity index (χ0) is 16.2. The van der Waals surface area contributed by atoms with Crippen LogP contribution in [0.1, 0.15) is 35.6 Å². The molecule has 0 unspecified atom stereocenters. The molecule has 0 amide bonds. The van der Waals surface area contributed by atoms with Crippen molar-refractivity contribution in [1.82, 2.24) is 4.90 Å². The van der Waals surface area contributed by atoms with Gasteiger partial charge in [0, 0.05) is 12.1 Å². The van der Waals surface area contributed by atoms with Crippen LogP contribution in [-0.4, -0.2) is 25.5 Å². The van der Waals surface area contributed by atoms with Crippen molar-refractivity contribution < 1.29 is 4.74 Å². The van der Waals surface area contributed by atoms with E-state index in [-0.39, 0.29) is 0 Å². The molecule has 0 saturated carbocycles. The van der Waals surface area contributed by atoms with E-state index in [0.717, 1.165) is 25.1 Å². The molecule has 0 bridgehead atoms. The van der Waals surface area contributed by atoms with Crippen LogP contribution < -0.4 is 4.74 Å². The summed E-state index contributed by atoms with van der Waals surface area (Å²) in [4.78, 5) is 2.22. The minimum absolute atomic E-state index is 0.639. The van der Waals surface area contributed by atoms with Crippen LogP contribution in [0.3, 0.4) is 0 Å². The molecular weight excluding hydrogens is 282 g/mol. The molecule has 1 heterocycles. The second-order valence-electron chi connectivity index (χ2n) is 6.34. The lowest BCUT2D eigenvalue weighted by Crippen LogP contribution is -2.12. The van der Waals surface area contributed by atoms with E-state index >= 15 is 0 Å². The van der Waals surface area contributed by atoms with Gasteiger partial charge in [0.15, 0.2) is 0 Å². The third-order valence-corrected chi connectivity index (χ3v) is 4.36. The summed E-state index contributed by atoms with van der Waals surface area (Å²) in [5, 5.41) is 0. The predicted octanol–water partition coefficient (Wildman–Crippen LogP) is 4.52. The van der Waals surface area contributed by atoms with Gasteiger partial charge in [-0.1, -0.05) is 43.3 Å². The molecular formula is C21H25NO. The van der Waals surface area contributed by atoms with Gasteiger partial charge in [0.25, 0.3) is 0 Å². The fourth-order valence-electron chi connectivity index (χ4n) is 3.03. The number of rotatable bonds is 4. The Morgan fingerprint density at radius 2 is 1.91 bits per heavy atom.